The van der Waals surface area contributed by atoms with Crippen LogP contribution >= 0.6 is 0 Å². The molecule has 2 heteroatoms. The van der Waals surface area contributed by atoms with Gasteiger partial charge in [-0.25, -0.2) is 0 Å². The number of rotatable bonds is 2. The average molecular weight is 167 g/mol. The van der Waals surface area contributed by atoms with Crippen LogP contribution in [0.2, 0.25) is 0 Å². The van der Waals surface area contributed by atoms with Gasteiger partial charge in [0.15, 0.2) is 0 Å². The fourth-order valence-electron chi connectivity index (χ4n) is 1.89. The maximum atomic E-state index is 11.3. The van der Waals surface area contributed by atoms with E-state index in [2.05, 4.69) is 19.9 Å². The minimum atomic E-state index is 0.145. The molecule has 0 aromatic heterocycles. The molecule has 0 aromatic rings. The first-order valence-electron chi connectivity index (χ1n) is 4.65. The van der Waals surface area contributed by atoms with Crippen LogP contribution in [0, 0.1) is 5.92 Å². The second-order valence-electron chi connectivity index (χ2n) is 3.36. The Kier molecular flexibility index (Phi) is 2.90. The summed E-state index contributed by atoms with van der Waals surface area (Å²) >= 11 is 0. The van der Waals surface area contributed by atoms with Crippen LogP contribution in [-0.4, -0.2) is 23.9 Å². The summed E-state index contributed by atoms with van der Waals surface area (Å²) < 4.78 is 0. The van der Waals surface area contributed by atoms with Crippen molar-refractivity contribution in [2.45, 2.75) is 32.7 Å². The number of nitrogens with zero attached hydrogens (tertiary/aromatic N) is 1. The van der Waals surface area contributed by atoms with Crippen LogP contribution in [-0.2, 0) is 4.79 Å². The van der Waals surface area contributed by atoms with Crippen LogP contribution in [0.3, 0.4) is 0 Å². The number of hydrogen-bond donors (Lipinski definition) is 0. The second kappa shape index (κ2) is 3.74. The molecule has 2 nitrogen and oxygen atoms in total. The summed E-state index contributed by atoms with van der Waals surface area (Å²) in [5, 5.41) is 0. The average Bonchev–Trinajstić information content (AvgIpc) is 2.09. The van der Waals surface area contributed by atoms with Crippen molar-refractivity contribution in [3.05, 3.63) is 12.2 Å². The first kappa shape index (κ1) is 9.30. The van der Waals surface area contributed by atoms with Gasteiger partial charge in [-0.1, -0.05) is 19.9 Å². The van der Waals surface area contributed by atoms with Gasteiger partial charge in [0.25, 0.3) is 0 Å². The molecular formula is C10H17NO. The Morgan fingerprint density at radius 1 is 1.42 bits per heavy atom. The molecule has 68 valence electrons. The molecule has 2 atom stereocenters. The summed E-state index contributed by atoms with van der Waals surface area (Å²) in [6.07, 6.45) is 5.91. The summed E-state index contributed by atoms with van der Waals surface area (Å²) in [7, 11) is 1.89. The van der Waals surface area contributed by atoms with Gasteiger partial charge >= 0.3 is 0 Å². The highest BCUT2D eigenvalue weighted by Crippen LogP contribution is 2.22. The van der Waals surface area contributed by atoms with Crippen molar-refractivity contribution in [3.63, 3.8) is 0 Å². The maximum Gasteiger partial charge on any atom is 0.246 e. The van der Waals surface area contributed by atoms with Crippen molar-refractivity contribution < 1.29 is 4.79 Å². The van der Waals surface area contributed by atoms with Crippen molar-refractivity contribution in [1.29, 1.82) is 0 Å². The van der Waals surface area contributed by atoms with Crippen molar-refractivity contribution in [1.82, 2.24) is 4.90 Å². The molecule has 0 aromatic carbocycles. The molecule has 1 amide bonds. The summed E-state index contributed by atoms with van der Waals surface area (Å²) in [4.78, 5) is 13.1. The van der Waals surface area contributed by atoms with Gasteiger partial charge in [0.05, 0.1) is 0 Å². The molecule has 0 fully saturated rings. The normalized spacial score (nSPS) is 29.6. The minimum absolute atomic E-state index is 0.145. The molecule has 0 radical (unpaired) electrons. The molecule has 0 aliphatic carbocycles. The van der Waals surface area contributed by atoms with Gasteiger partial charge in [0.1, 0.15) is 0 Å². The maximum absolute atomic E-state index is 11.3. The van der Waals surface area contributed by atoms with Crippen molar-refractivity contribution in [2.75, 3.05) is 7.05 Å². The zero-order valence-corrected chi connectivity index (χ0v) is 8.08. The molecule has 0 saturated carbocycles. The third kappa shape index (κ3) is 1.52. The van der Waals surface area contributed by atoms with Gasteiger partial charge in [0.2, 0.25) is 5.91 Å². The van der Waals surface area contributed by atoms with E-state index in [0.717, 1.165) is 12.8 Å². The quantitative estimate of drug-likeness (QED) is 0.614. The predicted molar refractivity (Wildman–Crippen MR) is 49.8 cm³/mol. The molecule has 1 rings (SSSR count). The van der Waals surface area contributed by atoms with Gasteiger partial charge in [-0.3, -0.25) is 4.79 Å². The summed E-state index contributed by atoms with van der Waals surface area (Å²) in [5.41, 5.74) is 0. The van der Waals surface area contributed by atoms with Crippen LogP contribution in [0.25, 0.3) is 0 Å². The number of amides is 1. The Hall–Kier alpha value is -0.790. The Labute approximate surface area is 74.2 Å². The molecule has 1 heterocycles. The van der Waals surface area contributed by atoms with E-state index in [1.165, 1.54) is 0 Å². The third-order valence-electron chi connectivity index (χ3n) is 2.71. The molecule has 0 saturated heterocycles. The molecule has 0 bridgehead atoms. The number of hydrogen-bond acceptors (Lipinski definition) is 1. The number of carbonyl (C=O) groups is 1. The van der Waals surface area contributed by atoms with E-state index in [0.29, 0.717) is 12.0 Å². The fourth-order valence-corrected chi connectivity index (χ4v) is 1.89. The lowest BCUT2D eigenvalue weighted by molar-refractivity contribution is -0.128. The van der Waals surface area contributed by atoms with Crippen LogP contribution < -0.4 is 0 Å². The lowest BCUT2D eigenvalue weighted by Gasteiger charge is -2.34. The van der Waals surface area contributed by atoms with Crippen LogP contribution in [0.1, 0.15) is 26.7 Å². The molecule has 2 unspecified atom stereocenters. The summed E-state index contributed by atoms with van der Waals surface area (Å²) in [5.74, 6) is 0.698. The Morgan fingerprint density at radius 3 is 2.58 bits per heavy atom. The zero-order valence-electron chi connectivity index (χ0n) is 8.08. The van der Waals surface area contributed by atoms with E-state index in [9.17, 15) is 4.79 Å². The second-order valence-corrected chi connectivity index (χ2v) is 3.36. The first-order valence-corrected chi connectivity index (χ1v) is 4.65. The van der Waals surface area contributed by atoms with E-state index < -0.39 is 0 Å². The highest BCUT2D eigenvalue weighted by molar-refractivity contribution is 5.88. The van der Waals surface area contributed by atoms with Gasteiger partial charge in [-0.05, 0) is 24.8 Å². The third-order valence-corrected chi connectivity index (χ3v) is 2.71. The smallest absolute Gasteiger partial charge is 0.246 e. The Bertz CT molecular complexity index is 198. The van der Waals surface area contributed by atoms with Gasteiger partial charge in [-0.15, -0.1) is 0 Å². The Morgan fingerprint density at radius 2 is 2.08 bits per heavy atom. The van der Waals surface area contributed by atoms with Gasteiger partial charge < -0.3 is 4.90 Å². The Balaban J connectivity index is 2.79. The lowest BCUT2D eigenvalue weighted by atomic mass is 9.90. The van der Waals surface area contributed by atoms with Gasteiger partial charge in [0, 0.05) is 13.1 Å². The highest BCUT2D eigenvalue weighted by Gasteiger charge is 2.26. The molecule has 0 spiro atoms. The van der Waals surface area contributed by atoms with Gasteiger partial charge in [-0.2, -0.15) is 0 Å². The monoisotopic (exact) mass is 167 g/mol. The fraction of sp³-hybridized carbons (Fsp3) is 0.700. The van der Waals surface area contributed by atoms with Crippen molar-refractivity contribution in [3.8, 4) is 0 Å². The number of likely N-dealkylation sites (N-methyl/N-ethyl adjacent to an activating group) is 1. The lowest BCUT2D eigenvalue weighted by Crippen LogP contribution is -2.42. The van der Waals surface area contributed by atoms with Crippen LogP contribution in [0.5, 0.6) is 0 Å². The molecule has 1 aliphatic heterocycles. The topological polar surface area (TPSA) is 20.3 Å². The summed E-state index contributed by atoms with van der Waals surface area (Å²) in [6, 6.07) is 0.410. The standard InChI is InChI=1S/C10H17NO/c1-4-8-6-7-10(12)11(3)9(8)5-2/h6-9H,4-5H2,1-3H3. The van der Waals surface area contributed by atoms with E-state index in [1.807, 2.05) is 11.9 Å². The molecule has 0 N–H and O–H groups in total. The SMILES string of the molecule is CCC1C=CC(=O)N(C)C1CC. The highest BCUT2D eigenvalue weighted by atomic mass is 16.2. The zero-order chi connectivity index (χ0) is 9.14. The van der Waals surface area contributed by atoms with Crippen molar-refractivity contribution in [2.24, 2.45) is 5.92 Å². The number of carbonyl (C=O) groups excluding carboxylic acids is 1. The van der Waals surface area contributed by atoms with E-state index in [4.69, 9.17) is 0 Å². The molecule has 12 heavy (non-hydrogen) atoms. The van der Waals surface area contributed by atoms with E-state index in [1.54, 1.807) is 6.08 Å². The van der Waals surface area contributed by atoms with E-state index >= 15 is 0 Å². The largest absolute Gasteiger partial charge is 0.339 e. The van der Waals surface area contributed by atoms with Crippen molar-refractivity contribution >= 4 is 5.91 Å². The predicted octanol–water partition coefficient (Wildman–Crippen LogP) is 1.82. The molecule has 1 aliphatic rings. The minimum Gasteiger partial charge on any atom is -0.339 e. The first-order chi connectivity index (χ1) is 5.70. The summed E-state index contributed by atoms with van der Waals surface area (Å²) in [6.45, 7) is 4.30. The van der Waals surface area contributed by atoms with Crippen LogP contribution in [0.15, 0.2) is 12.2 Å². The van der Waals surface area contributed by atoms with Crippen LogP contribution in [0.4, 0.5) is 0 Å². The molecular weight excluding hydrogens is 150 g/mol. The van der Waals surface area contributed by atoms with E-state index in [-0.39, 0.29) is 5.91 Å².